The van der Waals surface area contributed by atoms with Crippen LogP contribution in [0.2, 0.25) is 10.0 Å². The number of carbonyl (C=O) groups excluding carboxylic acids is 1. The van der Waals surface area contributed by atoms with Crippen molar-refractivity contribution in [1.29, 1.82) is 0 Å². The number of nitro benzene ring substituents is 1. The molecule has 10 heteroatoms. The van der Waals surface area contributed by atoms with Crippen LogP contribution in [0.4, 0.5) is 11.4 Å². The van der Waals surface area contributed by atoms with Gasteiger partial charge < -0.3 is 10.1 Å². The number of aromatic nitrogens is 2. The fourth-order valence-electron chi connectivity index (χ4n) is 2.37. The molecule has 0 aliphatic heterocycles. The van der Waals surface area contributed by atoms with Crippen LogP contribution < -0.4 is 10.1 Å². The molecule has 0 aliphatic rings. The standard InChI is InChI=1S/C18H14Cl2N4O4/c1-11-8-12(19)2-5-17(11)28-10-23-7-6-15(22-23)18(25)21-16-9-13(24(26)27)3-4-14(16)20/h2-9H,10H2,1H3,(H,21,25). The van der Waals surface area contributed by atoms with Crippen LogP contribution in [0.5, 0.6) is 5.75 Å². The van der Waals surface area contributed by atoms with Crippen LogP contribution in [0.25, 0.3) is 0 Å². The molecule has 1 amide bonds. The van der Waals surface area contributed by atoms with Gasteiger partial charge >= 0.3 is 0 Å². The van der Waals surface area contributed by atoms with Crippen LogP contribution in [0.3, 0.4) is 0 Å². The lowest BCUT2D eigenvalue weighted by molar-refractivity contribution is -0.384. The molecule has 28 heavy (non-hydrogen) atoms. The van der Waals surface area contributed by atoms with Crippen molar-refractivity contribution in [3.63, 3.8) is 0 Å². The largest absolute Gasteiger partial charge is 0.471 e. The van der Waals surface area contributed by atoms with Crippen molar-refractivity contribution >= 4 is 40.5 Å². The van der Waals surface area contributed by atoms with Crippen molar-refractivity contribution < 1.29 is 14.5 Å². The van der Waals surface area contributed by atoms with E-state index in [1.807, 2.05) is 6.92 Å². The van der Waals surface area contributed by atoms with Crippen LogP contribution in [0, 0.1) is 17.0 Å². The van der Waals surface area contributed by atoms with Gasteiger partial charge in [0, 0.05) is 23.4 Å². The van der Waals surface area contributed by atoms with Gasteiger partial charge in [-0.25, -0.2) is 4.68 Å². The van der Waals surface area contributed by atoms with Gasteiger partial charge in [-0.05, 0) is 42.8 Å². The second-order valence-corrected chi connectivity index (χ2v) is 6.64. The maximum absolute atomic E-state index is 12.4. The Morgan fingerprint density at radius 2 is 2.04 bits per heavy atom. The lowest BCUT2D eigenvalue weighted by Crippen LogP contribution is -2.14. The maximum Gasteiger partial charge on any atom is 0.276 e. The fraction of sp³-hybridized carbons (Fsp3) is 0.111. The SMILES string of the molecule is Cc1cc(Cl)ccc1OCn1ccc(C(=O)Nc2cc([N+](=O)[O-])ccc2Cl)n1. The predicted molar refractivity (Wildman–Crippen MR) is 105 cm³/mol. The third-order valence-corrected chi connectivity index (χ3v) is 4.34. The van der Waals surface area contributed by atoms with E-state index >= 15 is 0 Å². The Balaban J connectivity index is 1.67. The molecule has 0 saturated heterocycles. The number of rotatable bonds is 6. The molecule has 1 aromatic heterocycles. The van der Waals surface area contributed by atoms with Crippen LogP contribution in [-0.4, -0.2) is 20.6 Å². The minimum absolute atomic E-state index is 0.0906. The number of ether oxygens (including phenoxy) is 1. The highest BCUT2D eigenvalue weighted by molar-refractivity contribution is 6.34. The van der Waals surface area contributed by atoms with Crippen molar-refractivity contribution in [1.82, 2.24) is 9.78 Å². The number of carbonyl (C=O) groups is 1. The first-order chi connectivity index (χ1) is 13.3. The molecule has 0 radical (unpaired) electrons. The number of anilines is 1. The summed E-state index contributed by atoms with van der Waals surface area (Å²) in [5.74, 6) is 0.0955. The maximum atomic E-state index is 12.4. The van der Waals surface area contributed by atoms with E-state index in [-0.39, 0.29) is 28.8 Å². The monoisotopic (exact) mass is 420 g/mol. The number of nitrogens with zero attached hydrogens (tertiary/aromatic N) is 3. The van der Waals surface area contributed by atoms with Gasteiger partial charge in [0.05, 0.1) is 15.6 Å². The van der Waals surface area contributed by atoms with E-state index in [2.05, 4.69) is 10.4 Å². The third kappa shape index (κ3) is 4.59. The molecule has 0 spiro atoms. The second-order valence-electron chi connectivity index (χ2n) is 5.80. The van der Waals surface area contributed by atoms with Crippen molar-refractivity contribution in [3.8, 4) is 5.75 Å². The highest BCUT2D eigenvalue weighted by Crippen LogP contribution is 2.27. The van der Waals surface area contributed by atoms with Gasteiger partial charge in [-0.3, -0.25) is 14.9 Å². The lowest BCUT2D eigenvalue weighted by atomic mass is 10.2. The smallest absolute Gasteiger partial charge is 0.276 e. The minimum atomic E-state index is -0.573. The topological polar surface area (TPSA) is 99.3 Å². The number of non-ortho nitro benzene ring substituents is 1. The van der Waals surface area contributed by atoms with E-state index in [0.29, 0.717) is 10.8 Å². The summed E-state index contributed by atoms with van der Waals surface area (Å²) in [5, 5.41) is 18.3. The number of hydrogen-bond acceptors (Lipinski definition) is 5. The van der Waals surface area contributed by atoms with E-state index in [9.17, 15) is 14.9 Å². The van der Waals surface area contributed by atoms with Crippen LogP contribution >= 0.6 is 23.2 Å². The molecule has 3 rings (SSSR count). The number of amides is 1. The van der Waals surface area contributed by atoms with Crippen molar-refractivity contribution in [2.24, 2.45) is 0 Å². The molecule has 0 bridgehead atoms. The zero-order valence-corrected chi connectivity index (χ0v) is 16.1. The molecule has 2 aromatic carbocycles. The summed E-state index contributed by atoms with van der Waals surface area (Å²) < 4.78 is 7.11. The summed E-state index contributed by atoms with van der Waals surface area (Å²) in [6.07, 6.45) is 1.58. The Morgan fingerprint density at radius 3 is 2.75 bits per heavy atom. The zero-order valence-electron chi connectivity index (χ0n) is 14.6. The molecular formula is C18H14Cl2N4O4. The number of nitrogens with one attached hydrogen (secondary N) is 1. The van der Waals surface area contributed by atoms with Crippen LogP contribution in [0.15, 0.2) is 48.7 Å². The average molecular weight is 421 g/mol. The number of hydrogen-bond donors (Lipinski definition) is 1. The Labute approximate surface area is 169 Å². The molecule has 1 heterocycles. The van der Waals surface area contributed by atoms with Crippen molar-refractivity contribution in [2.75, 3.05) is 5.32 Å². The quantitative estimate of drug-likeness (QED) is 0.460. The van der Waals surface area contributed by atoms with Gasteiger partial charge in [-0.15, -0.1) is 0 Å². The van der Waals surface area contributed by atoms with Gasteiger partial charge in [0.1, 0.15) is 5.75 Å². The summed E-state index contributed by atoms with van der Waals surface area (Å²) in [6, 6.07) is 10.5. The molecular weight excluding hydrogens is 407 g/mol. The summed E-state index contributed by atoms with van der Waals surface area (Å²) in [6.45, 7) is 1.96. The molecule has 1 N–H and O–H groups in total. The summed E-state index contributed by atoms with van der Waals surface area (Å²) in [5.41, 5.74) is 0.928. The van der Waals surface area contributed by atoms with E-state index < -0.39 is 10.8 Å². The third-order valence-electron chi connectivity index (χ3n) is 3.77. The number of aryl methyl sites for hydroxylation is 1. The van der Waals surface area contributed by atoms with E-state index in [4.69, 9.17) is 27.9 Å². The second kappa shape index (κ2) is 8.28. The zero-order chi connectivity index (χ0) is 20.3. The molecule has 3 aromatic rings. The Bertz CT molecular complexity index is 1050. The number of halogens is 2. The Kier molecular flexibility index (Phi) is 5.81. The Hall–Kier alpha value is -3.10. The summed E-state index contributed by atoms with van der Waals surface area (Å²) >= 11 is 11.9. The Morgan fingerprint density at radius 1 is 1.25 bits per heavy atom. The van der Waals surface area contributed by atoms with E-state index in [0.717, 1.165) is 5.56 Å². The highest BCUT2D eigenvalue weighted by atomic mass is 35.5. The lowest BCUT2D eigenvalue weighted by Gasteiger charge is -2.09. The first-order valence-corrected chi connectivity index (χ1v) is 8.77. The molecule has 144 valence electrons. The highest BCUT2D eigenvalue weighted by Gasteiger charge is 2.15. The van der Waals surface area contributed by atoms with Gasteiger partial charge in [0.25, 0.3) is 11.6 Å². The number of nitro groups is 1. The summed E-state index contributed by atoms with van der Waals surface area (Å²) in [7, 11) is 0. The van der Waals surface area contributed by atoms with Gasteiger partial charge in [0.2, 0.25) is 0 Å². The molecule has 0 fully saturated rings. The van der Waals surface area contributed by atoms with E-state index in [1.165, 1.54) is 28.9 Å². The normalized spacial score (nSPS) is 10.5. The van der Waals surface area contributed by atoms with Gasteiger partial charge in [-0.1, -0.05) is 23.2 Å². The van der Waals surface area contributed by atoms with E-state index in [1.54, 1.807) is 24.4 Å². The predicted octanol–water partition coefficient (Wildman–Crippen LogP) is 4.70. The first-order valence-electron chi connectivity index (χ1n) is 8.01. The minimum Gasteiger partial charge on any atom is -0.471 e. The first kappa shape index (κ1) is 19.7. The van der Waals surface area contributed by atoms with Crippen molar-refractivity contribution in [3.05, 3.63) is 80.1 Å². The molecule has 0 atom stereocenters. The molecule has 0 unspecified atom stereocenters. The van der Waals surface area contributed by atoms with Crippen LogP contribution in [-0.2, 0) is 6.73 Å². The fourth-order valence-corrected chi connectivity index (χ4v) is 2.77. The molecule has 0 aliphatic carbocycles. The van der Waals surface area contributed by atoms with Gasteiger partial charge in [0.15, 0.2) is 12.4 Å². The van der Waals surface area contributed by atoms with Crippen LogP contribution in [0.1, 0.15) is 16.1 Å². The molecule has 0 saturated carbocycles. The van der Waals surface area contributed by atoms with Gasteiger partial charge in [-0.2, -0.15) is 5.10 Å². The average Bonchev–Trinajstić information content (AvgIpc) is 3.12. The molecule has 8 nitrogen and oxygen atoms in total. The number of benzene rings is 2. The van der Waals surface area contributed by atoms with Crippen molar-refractivity contribution in [2.45, 2.75) is 13.7 Å². The summed E-state index contributed by atoms with van der Waals surface area (Å²) in [4.78, 5) is 22.7.